The first-order chi connectivity index (χ1) is 9.69. The Balaban J connectivity index is 2.52. The molecule has 4 heteroatoms. The summed E-state index contributed by atoms with van der Waals surface area (Å²) >= 11 is 0. The maximum atomic E-state index is 6.35. The van der Waals surface area contributed by atoms with E-state index in [2.05, 4.69) is 24.0 Å². The van der Waals surface area contributed by atoms with Crippen molar-refractivity contribution in [2.24, 2.45) is 11.7 Å². The van der Waals surface area contributed by atoms with E-state index in [0.29, 0.717) is 5.92 Å². The van der Waals surface area contributed by atoms with Crippen LogP contribution >= 0.6 is 0 Å². The molecule has 0 aliphatic heterocycles. The van der Waals surface area contributed by atoms with Crippen LogP contribution in [0.4, 0.5) is 0 Å². The van der Waals surface area contributed by atoms with Crippen LogP contribution in [0, 0.1) is 5.92 Å². The van der Waals surface area contributed by atoms with Gasteiger partial charge >= 0.3 is 0 Å². The summed E-state index contributed by atoms with van der Waals surface area (Å²) in [7, 11) is 3.46. The summed E-state index contributed by atoms with van der Waals surface area (Å²) in [5, 5.41) is 0. The Bertz CT molecular complexity index is 338. The predicted octanol–water partition coefficient (Wildman–Crippen LogP) is 1.92. The van der Waals surface area contributed by atoms with Crippen molar-refractivity contribution in [1.29, 1.82) is 0 Å². The molecule has 0 radical (unpaired) electrons. The second-order valence-electron chi connectivity index (χ2n) is 5.20. The number of rotatable bonds is 10. The molecule has 0 aliphatic carbocycles. The molecule has 0 heterocycles. The molecule has 1 rings (SSSR count). The molecule has 0 saturated heterocycles. The van der Waals surface area contributed by atoms with E-state index in [1.54, 1.807) is 14.2 Å². The summed E-state index contributed by atoms with van der Waals surface area (Å²) in [5.74, 6) is 0.381. The largest absolute Gasteiger partial charge is 0.383 e. The molecule has 0 aromatic heterocycles. The Labute approximate surface area is 122 Å². The van der Waals surface area contributed by atoms with Crippen LogP contribution in [0.25, 0.3) is 0 Å². The topological polar surface area (TPSA) is 47.7 Å². The third-order valence-corrected chi connectivity index (χ3v) is 3.57. The second kappa shape index (κ2) is 9.88. The molecule has 0 spiro atoms. The average Bonchev–Trinajstić information content (AvgIpc) is 2.49. The summed E-state index contributed by atoms with van der Waals surface area (Å²) < 4.78 is 10.3. The van der Waals surface area contributed by atoms with Gasteiger partial charge in [-0.25, -0.2) is 0 Å². The molecule has 114 valence electrons. The van der Waals surface area contributed by atoms with E-state index in [9.17, 15) is 0 Å². The van der Waals surface area contributed by atoms with E-state index in [0.717, 1.165) is 32.8 Å². The maximum absolute atomic E-state index is 6.35. The van der Waals surface area contributed by atoms with Gasteiger partial charge in [0.25, 0.3) is 0 Å². The molecule has 2 atom stereocenters. The molecular formula is C16H28N2O2. The highest BCUT2D eigenvalue weighted by atomic mass is 16.5. The van der Waals surface area contributed by atoms with E-state index >= 15 is 0 Å². The standard InChI is InChI=1S/C16H28N2O2/c1-14(16(17)15-7-5-4-6-8-15)13-18(9-11-19-2)10-12-20-3/h4-8,14,16H,9-13,17H2,1-3H3. The molecule has 0 bridgehead atoms. The van der Waals surface area contributed by atoms with Crippen molar-refractivity contribution in [3.63, 3.8) is 0 Å². The number of methoxy groups -OCH3 is 2. The fourth-order valence-corrected chi connectivity index (χ4v) is 2.26. The summed E-state index contributed by atoms with van der Waals surface area (Å²) in [6, 6.07) is 10.3. The minimum absolute atomic E-state index is 0.0591. The van der Waals surface area contributed by atoms with Gasteiger partial charge in [0.1, 0.15) is 0 Å². The number of nitrogens with zero attached hydrogens (tertiary/aromatic N) is 1. The molecule has 1 aromatic rings. The van der Waals surface area contributed by atoms with Crippen molar-refractivity contribution >= 4 is 0 Å². The van der Waals surface area contributed by atoms with Crippen LogP contribution in [0.3, 0.4) is 0 Å². The van der Waals surface area contributed by atoms with Crippen molar-refractivity contribution in [1.82, 2.24) is 4.90 Å². The second-order valence-corrected chi connectivity index (χ2v) is 5.20. The summed E-state index contributed by atoms with van der Waals surface area (Å²) in [6.07, 6.45) is 0. The minimum Gasteiger partial charge on any atom is -0.383 e. The van der Waals surface area contributed by atoms with Crippen LogP contribution in [0.1, 0.15) is 18.5 Å². The highest BCUT2D eigenvalue weighted by molar-refractivity contribution is 5.19. The lowest BCUT2D eigenvalue weighted by atomic mass is 9.95. The quantitative estimate of drug-likeness (QED) is 0.711. The molecule has 0 fully saturated rings. The number of hydrogen-bond acceptors (Lipinski definition) is 4. The number of ether oxygens (including phenoxy) is 2. The highest BCUT2D eigenvalue weighted by Gasteiger charge is 2.18. The van der Waals surface area contributed by atoms with Gasteiger partial charge in [0, 0.05) is 39.9 Å². The molecular weight excluding hydrogens is 252 g/mol. The Morgan fingerprint density at radius 1 is 1.05 bits per heavy atom. The Morgan fingerprint density at radius 2 is 1.60 bits per heavy atom. The zero-order valence-corrected chi connectivity index (χ0v) is 12.9. The van der Waals surface area contributed by atoms with E-state index in [-0.39, 0.29) is 6.04 Å². The molecule has 20 heavy (non-hydrogen) atoms. The zero-order valence-electron chi connectivity index (χ0n) is 12.9. The Morgan fingerprint density at radius 3 is 2.10 bits per heavy atom. The summed E-state index contributed by atoms with van der Waals surface area (Å²) in [4.78, 5) is 2.35. The van der Waals surface area contributed by atoms with Crippen molar-refractivity contribution < 1.29 is 9.47 Å². The third kappa shape index (κ3) is 6.01. The van der Waals surface area contributed by atoms with Gasteiger partial charge in [0.15, 0.2) is 0 Å². The monoisotopic (exact) mass is 280 g/mol. The number of nitrogens with two attached hydrogens (primary N) is 1. The fourth-order valence-electron chi connectivity index (χ4n) is 2.26. The number of hydrogen-bond donors (Lipinski definition) is 1. The van der Waals surface area contributed by atoms with Crippen LogP contribution in [-0.2, 0) is 9.47 Å². The van der Waals surface area contributed by atoms with Gasteiger partial charge in [-0.15, -0.1) is 0 Å². The molecule has 0 amide bonds. The maximum Gasteiger partial charge on any atom is 0.0589 e. The van der Waals surface area contributed by atoms with E-state index in [4.69, 9.17) is 15.2 Å². The van der Waals surface area contributed by atoms with Gasteiger partial charge in [-0.3, -0.25) is 4.90 Å². The molecule has 0 saturated carbocycles. The lowest BCUT2D eigenvalue weighted by Gasteiger charge is -2.28. The van der Waals surface area contributed by atoms with Gasteiger partial charge in [-0.1, -0.05) is 37.3 Å². The van der Waals surface area contributed by atoms with Crippen LogP contribution in [0.5, 0.6) is 0 Å². The summed E-state index contributed by atoms with van der Waals surface area (Å²) in [5.41, 5.74) is 7.55. The molecule has 1 aromatic carbocycles. The SMILES string of the molecule is COCCN(CCOC)CC(C)C(N)c1ccccc1. The van der Waals surface area contributed by atoms with E-state index in [1.165, 1.54) is 5.56 Å². The summed E-state index contributed by atoms with van der Waals surface area (Å²) in [6.45, 7) is 6.43. The normalized spacial score (nSPS) is 14.4. The fraction of sp³-hybridized carbons (Fsp3) is 0.625. The molecule has 4 nitrogen and oxygen atoms in total. The first-order valence-corrected chi connectivity index (χ1v) is 7.19. The zero-order chi connectivity index (χ0) is 14.8. The number of benzene rings is 1. The van der Waals surface area contributed by atoms with E-state index in [1.807, 2.05) is 18.2 Å². The van der Waals surface area contributed by atoms with Crippen LogP contribution in [0.15, 0.2) is 30.3 Å². The van der Waals surface area contributed by atoms with Crippen molar-refractivity contribution in [2.75, 3.05) is 47.1 Å². The van der Waals surface area contributed by atoms with Gasteiger partial charge in [0.2, 0.25) is 0 Å². The van der Waals surface area contributed by atoms with Crippen LogP contribution < -0.4 is 5.73 Å². The van der Waals surface area contributed by atoms with Crippen LogP contribution in [-0.4, -0.2) is 52.0 Å². The van der Waals surface area contributed by atoms with Crippen molar-refractivity contribution in [2.45, 2.75) is 13.0 Å². The highest BCUT2D eigenvalue weighted by Crippen LogP contribution is 2.19. The van der Waals surface area contributed by atoms with Gasteiger partial charge in [0.05, 0.1) is 13.2 Å². The van der Waals surface area contributed by atoms with Crippen molar-refractivity contribution in [3.8, 4) is 0 Å². The Kier molecular flexibility index (Phi) is 8.46. The van der Waals surface area contributed by atoms with E-state index < -0.39 is 0 Å². The lowest BCUT2D eigenvalue weighted by Crippen LogP contribution is -2.37. The third-order valence-electron chi connectivity index (χ3n) is 3.57. The molecule has 0 aliphatic rings. The lowest BCUT2D eigenvalue weighted by molar-refractivity contribution is 0.102. The average molecular weight is 280 g/mol. The first kappa shape index (κ1) is 17.1. The Hall–Kier alpha value is -0.940. The minimum atomic E-state index is 0.0591. The molecule has 2 N–H and O–H groups in total. The van der Waals surface area contributed by atoms with Crippen molar-refractivity contribution in [3.05, 3.63) is 35.9 Å². The first-order valence-electron chi connectivity index (χ1n) is 7.19. The van der Waals surface area contributed by atoms with Gasteiger partial charge in [-0.05, 0) is 11.5 Å². The molecule has 2 unspecified atom stereocenters. The predicted molar refractivity (Wildman–Crippen MR) is 82.7 cm³/mol. The van der Waals surface area contributed by atoms with Gasteiger partial charge < -0.3 is 15.2 Å². The van der Waals surface area contributed by atoms with Gasteiger partial charge in [-0.2, -0.15) is 0 Å². The van der Waals surface area contributed by atoms with Crippen LogP contribution in [0.2, 0.25) is 0 Å². The smallest absolute Gasteiger partial charge is 0.0589 e.